The zero-order valence-corrected chi connectivity index (χ0v) is 18.2. The molecule has 0 fully saturated rings. The Balaban J connectivity index is 1.55. The Morgan fingerprint density at radius 2 is 1.87 bits per heavy atom. The van der Waals surface area contributed by atoms with Crippen LogP contribution in [0.15, 0.2) is 54.0 Å². The molecule has 31 heavy (non-hydrogen) atoms. The number of imidazole rings is 1. The highest BCUT2D eigenvalue weighted by atomic mass is 32.1. The van der Waals surface area contributed by atoms with Crippen molar-refractivity contribution in [2.24, 2.45) is 0 Å². The van der Waals surface area contributed by atoms with Gasteiger partial charge in [0.05, 0.1) is 26.3 Å². The van der Waals surface area contributed by atoms with E-state index in [4.69, 9.17) is 9.47 Å². The average molecular weight is 436 g/mol. The first-order chi connectivity index (χ1) is 15.0. The third-order valence-electron chi connectivity index (χ3n) is 4.88. The average Bonchev–Trinajstić information content (AvgIpc) is 3.35. The summed E-state index contributed by atoms with van der Waals surface area (Å²) in [5.41, 5.74) is 3.65. The number of thiazole rings is 1. The number of ketones is 1. The number of methoxy groups -OCH3 is 2. The molecule has 1 amide bonds. The van der Waals surface area contributed by atoms with Gasteiger partial charge in [-0.2, -0.15) is 0 Å². The Hall–Kier alpha value is -3.65. The molecule has 2 aromatic carbocycles. The predicted molar refractivity (Wildman–Crippen MR) is 120 cm³/mol. The van der Waals surface area contributed by atoms with Crippen LogP contribution >= 0.6 is 11.3 Å². The number of hydrogen-bond acceptors (Lipinski definition) is 6. The topological polar surface area (TPSA) is 81.9 Å². The number of nitrogens with zero attached hydrogens (tertiary/aromatic N) is 2. The molecular formula is C23H21N3O4S. The van der Waals surface area contributed by atoms with E-state index in [2.05, 4.69) is 10.3 Å². The number of nitrogens with one attached hydrogen (secondary N) is 1. The summed E-state index contributed by atoms with van der Waals surface area (Å²) >= 11 is 1.47. The molecule has 0 spiro atoms. The van der Waals surface area contributed by atoms with Crippen LogP contribution < -0.4 is 14.8 Å². The number of rotatable bonds is 7. The number of carbonyl (C=O) groups excluding carboxylic acids is 2. The molecule has 0 aliphatic rings. The van der Waals surface area contributed by atoms with Gasteiger partial charge < -0.3 is 14.8 Å². The zero-order chi connectivity index (χ0) is 22.0. The molecule has 0 saturated heterocycles. The first-order valence-electron chi connectivity index (χ1n) is 9.57. The second-order valence-corrected chi connectivity index (χ2v) is 7.77. The van der Waals surface area contributed by atoms with Gasteiger partial charge in [-0.3, -0.25) is 14.0 Å². The van der Waals surface area contributed by atoms with E-state index >= 15 is 0 Å². The Bertz CT molecular complexity index is 1260. The van der Waals surface area contributed by atoms with Crippen molar-refractivity contribution in [2.45, 2.75) is 13.3 Å². The molecule has 0 saturated carbocycles. The second kappa shape index (κ2) is 8.61. The highest BCUT2D eigenvalue weighted by Crippen LogP contribution is 2.34. The van der Waals surface area contributed by atoms with Gasteiger partial charge in [-0.15, -0.1) is 11.3 Å². The van der Waals surface area contributed by atoms with Crippen LogP contribution in [0.3, 0.4) is 0 Å². The predicted octanol–water partition coefficient (Wildman–Crippen LogP) is 4.46. The van der Waals surface area contributed by atoms with Crippen molar-refractivity contribution in [1.29, 1.82) is 0 Å². The number of fused-ring (bicyclic) bond motifs is 1. The Kier molecular flexibility index (Phi) is 5.73. The summed E-state index contributed by atoms with van der Waals surface area (Å²) in [7, 11) is 3.23. The zero-order valence-electron chi connectivity index (χ0n) is 17.3. The second-order valence-electron chi connectivity index (χ2n) is 6.93. The van der Waals surface area contributed by atoms with E-state index in [1.807, 2.05) is 34.2 Å². The van der Waals surface area contributed by atoms with E-state index in [-0.39, 0.29) is 18.1 Å². The lowest BCUT2D eigenvalue weighted by atomic mass is 10.1. The summed E-state index contributed by atoms with van der Waals surface area (Å²) in [5, 5.41) is 4.79. The summed E-state index contributed by atoms with van der Waals surface area (Å²) in [4.78, 5) is 29.4. The molecule has 158 valence electrons. The Morgan fingerprint density at radius 3 is 2.55 bits per heavy atom. The summed E-state index contributed by atoms with van der Waals surface area (Å²) in [6.45, 7) is 1.51. The van der Waals surface area contributed by atoms with Crippen LogP contribution in [0.4, 0.5) is 5.69 Å². The van der Waals surface area contributed by atoms with Gasteiger partial charge in [-0.05, 0) is 49.4 Å². The number of Topliss-reactive ketones (excluding diaryl/α,β-unsaturated/α-hetero) is 1. The van der Waals surface area contributed by atoms with Crippen molar-refractivity contribution in [1.82, 2.24) is 9.38 Å². The van der Waals surface area contributed by atoms with E-state index in [9.17, 15) is 9.59 Å². The van der Waals surface area contributed by atoms with E-state index in [0.717, 1.165) is 21.9 Å². The van der Waals surface area contributed by atoms with Crippen LogP contribution in [-0.4, -0.2) is 35.3 Å². The van der Waals surface area contributed by atoms with Gasteiger partial charge in [-0.25, -0.2) is 4.98 Å². The van der Waals surface area contributed by atoms with Crippen LogP contribution in [0.25, 0.3) is 16.2 Å². The summed E-state index contributed by atoms with van der Waals surface area (Å²) in [6, 6.07) is 12.4. The van der Waals surface area contributed by atoms with Crippen molar-refractivity contribution >= 4 is 33.7 Å². The van der Waals surface area contributed by atoms with Crippen molar-refractivity contribution < 1.29 is 19.1 Å². The number of ether oxygens (including phenoxy) is 2. The van der Waals surface area contributed by atoms with E-state index in [1.165, 1.54) is 18.3 Å². The molecule has 4 aromatic rings. The number of hydrogen-bond donors (Lipinski definition) is 1. The molecule has 7 nitrogen and oxygen atoms in total. The first-order valence-corrected chi connectivity index (χ1v) is 10.4. The first kappa shape index (κ1) is 20.6. The van der Waals surface area contributed by atoms with Crippen LogP contribution in [0, 0.1) is 0 Å². The molecule has 0 aliphatic heterocycles. The minimum absolute atomic E-state index is 0.0119. The molecular weight excluding hydrogens is 414 g/mol. The lowest BCUT2D eigenvalue weighted by Gasteiger charge is -2.08. The van der Waals surface area contributed by atoms with Crippen molar-refractivity contribution in [3.63, 3.8) is 0 Å². The number of carbonyl (C=O) groups is 2. The fraction of sp³-hybridized carbons (Fsp3) is 0.174. The van der Waals surface area contributed by atoms with Gasteiger partial charge in [0.25, 0.3) is 0 Å². The van der Waals surface area contributed by atoms with Gasteiger partial charge >= 0.3 is 0 Å². The van der Waals surface area contributed by atoms with Crippen molar-refractivity contribution in [2.75, 3.05) is 19.5 Å². The summed E-state index contributed by atoms with van der Waals surface area (Å²) in [5.74, 6) is 1.24. The lowest BCUT2D eigenvalue weighted by molar-refractivity contribution is -0.115. The molecule has 0 radical (unpaired) electrons. The minimum atomic E-state index is -0.149. The molecule has 0 atom stereocenters. The maximum atomic E-state index is 12.6. The van der Waals surface area contributed by atoms with Gasteiger partial charge in [0.1, 0.15) is 11.5 Å². The molecule has 4 rings (SSSR count). The largest absolute Gasteiger partial charge is 0.497 e. The van der Waals surface area contributed by atoms with Crippen LogP contribution in [0.2, 0.25) is 0 Å². The third kappa shape index (κ3) is 4.29. The fourth-order valence-electron chi connectivity index (χ4n) is 3.26. The number of amides is 1. The Labute approximate surface area is 183 Å². The van der Waals surface area contributed by atoms with Gasteiger partial charge in [0.2, 0.25) is 5.91 Å². The number of anilines is 1. The highest BCUT2D eigenvalue weighted by Gasteiger charge is 2.16. The highest BCUT2D eigenvalue weighted by molar-refractivity contribution is 7.15. The maximum absolute atomic E-state index is 12.6. The van der Waals surface area contributed by atoms with Crippen LogP contribution in [0.1, 0.15) is 23.0 Å². The summed E-state index contributed by atoms with van der Waals surface area (Å²) in [6.07, 6.45) is 2.09. The van der Waals surface area contributed by atoms with Crippen LogP contribution in [-0.2, 0) is 11.2 Å². The number of aromatic nitrogens is 2. The minimum Gasteiger partial charge on any atom is -0.497 e. The van der Waals surface area contributed by atoms with Crippen molar-refractivity contribution in [3.8, 4) is 22.8 Å². The van der Waals surface area contributed by atoms with Crippen molar-refractivity contribution in [3.05, 3.63) is 65.3 Å². The molecule has 2 heterocycles. The van der Waals surface area contributed by atoms with E-state index in [0.29, 0.717) is 22.7 Å². The fourth-order valence-corrected chi connectivity index (χ4v) is 4.13. The van der Waals surface area contributed by atoms with Crippen LogP contribution in [0.5, 0.6) is 11.5 Å². The van der Waals surface area contributed by atoms with Gasteiger partial charge in [-0.1, -0.05) is 0 Å². The van der Waals surface area contributed by atoms with E-state index in [1.54, 1.807) is 38.5 Å². The monoisotopic (exact) mass is 435 g/mol. The van der Waals surface area contributed by atoms with E-state index < -0.39 is 0 Å². The summed E-state index contributed by atoms with van der Waals surface area (Å²) < 4.78 is 12.7. The smallest absolute Gasteiger partial charge is 0.230 e. The molecule has 0 unspecified atom stereocenters. The molecule has 0 aliphatic carbocycles. The Morgan fingerprint density at radius 1 is 1.10 bits per heavy atom. The molecule has 2 aromatic heterocycles. The molecule has 8 heteroatoms. The number of benzene rings is 2. The van der Waals surface area contributed by atoms with Gasteiger partial charge in [0.15, 0.2) is 10.7 Å². The maximum Gasteiger partial charge on any atom is 0.230 e. The van der Waals surface area contributed by atoms with Gasteiger partial charge in [0, 0.05) is 34.1 Å². The molecule has 1 N–H and O–H groups in total. The standard InChI is InChI=1S/C23H21N3O4S/c1-14(27)15-4-6-16(7-5-15)24-22(28)10-17-13-31-23-25-20(12-26(17)23)19-11-18(29-2)8-9-21(19)30-3/h4-9,11-13H,10H2,1-3H3,(H,24,28). The quantitative estimate of drug-likeness (QED) is 0.433. The molecule has 0 bridgehead atoms. The third-order valence-corrected chi connectivity index (χ3v) is 5.77. The SMILES string of the molecule is COc1ccc(OC)c(-c2cn3c(CC(=O)Nc4ccc(C(C)=O)cc4)csc3n2)c1. The normalized spacial score (nSPS) is 10.8. The lowest BCUT2D eigenvalue weighted by Crippen LogP contribution is -2.15.